The summed E-state index contributed by atoms with van der Waals surface area (Å²) in [5.74, 6) is -1.18. The molecule has 2 N–H and O–H groups in total. The van der Waals surface area contributed by atoms with Crippen molar-refractivity contribution >= 4 is 11.9 Å². The molecule has 1 aromatic rings. The second-order valence-electron chi connectivity index (χ2n) is 7.65. The second kappa shape index (κ2) is 8.18. The van der Waals surface area contributed by atoms with Crippen LogP contribution in [0.25, 0.3) is 0 Å². The van der Waals surface area contributed by atoms with E-state index in [4.69, 9.17) is 4.74 Å². The summed E-state index contributed by atoms with van der Waals surface area (Å²) in [7, 11) is 1.87. The maximum atomic E-state index is 12.7. The van der Waals surface area contributed by atoms with Crippen LogP contribution in [-0.4, -0.2) is 54.7 Å². The van der Waals surface area contributed by atoms with E-state index < -0.39 is 12.0 Å². The van der Waals surface area contributed by atoms with Gasteiger partial charge in [-0.2, -0.15) is 0 Å². The first-order valence-electron chi connectivity index (χ1n) is 9.33. The van der Waals surface area contributed by atoms with Gasteiger partial charge in [-0.25, -0.2) is 4.79 Å². The third-order valence-corrected chi connectivity index (χ3v) is 5.88. The van der Waals surface area contributed by atoms with E-state index in [1.807, 2.05) is 42.3 Å². The Morgan fingerprint density at radius 2 is 1.96 bits per heavy atom. The van der Waals surface area contributed by atoms with Gasteiger partial charge in [0.25, 0.3) is 0 Å². The summed E-state index contributed by atoms with van der Waals surface area (Å²) in [6.45, 7) is 2.32. The lowest BCUT2D eigenvalue weighted by atomic mass is 9.56. The molecule has 2 aliphatic rings. The maximum absolute atomic E-state index is 12.7. The molecule has 2 fully saturated rings. The normalized spacial score (nSPS) is 22.6. The number of rotatable bonds is 7. The number of amides is 1. The van der Waals surface area contributed by atoms with Gasteiger partial charge in [0.15, 0.2) is 0 Å². The van der Waals surface area contributed by atoms with E-state index in [9.17, 15) is 14.7 Å². The highest BCUT2D eigenvalue weighted by molar-refractivity contribution is 5.86. The molecule has 1 aliphatic carbocycles. The SMILES string of the molecule is CN(Cc1ccccc1)CC(NC(=O)C1CCC12CCOCC2)C(=O)O. The molecular weight excluding hydrogens is 332 g/mol. The van der Waals surface area contributed by atoms with Crippen molar-refractivity contribution in [2.75, 3.05) is 26.8 Å². The molecule has 0 radical (unpaired) electrons. The summed E-state index contributed by atoms with van der Waals surface area (Å²) in [5, 5.41) is 12.3. The minimum absolute atomic E-state index is 0.0291. The van der Waals surface area contributed by atoms with Crippen molar-refractivity contribution < 1.29 is 19.4 Å². The van der Waals surface area contributed by atoms with Crippen LogP contribution in [0.1, 0.15) is 31.2 Å². The van der Waals surface area contributed by atoms with Gasteiger partial charge >= 0.3 is 5.97 Å². The Bertz CT molecular complexity index is 628. The Balaban J connectivity index is 1.56. The van der Waals surface area contributed by atoms with Crippen LogP contribution < -0.4 is 5.32 Å². The molecule has 1 spiro atoms. The fraction of sp³-hybridized carbons (Fsp3) is 0.600. The van der Waals surface area contributed by atoms with Crippen molar-refractivity contribution in [3.63, 3.8) is 0 Å². The molecule has 6 heteroatoms. The molecular formula is C20H28N2O4. The molecule has 1 aromatic carbocycles. The molecule has 1 saturated heterocycles. The molecule has 2 atom stereocenters. The highest BCUT2D eigenvalue weighted by Gasteiger charge is 2.51. The van der Waals surface area contributed by atoms with Gasteiger partial charge in [0, 0.05) is 32.2 Å². The van der Waals surface area contributed by atoms with Crippen molar-refractivity contribution in [3.05, 3.63) is 35.9 Å². The second-order valence-corrected chi connectivity index (χ2v) is 7.65. The fourth-order valence-electron chi connectivity index (χ4n) is 4.21. The topological polar surface area (TPSA) is 78.9 Å². The molecule has 0 aromatic heterocycles. The van der Waals surface area contributed by atoms with Gasteiger partial charge in [0.2, 0.25) is 5.91 Å². The Labute approximate surface area is 154 Å². The van der Waals surface area contributed by atoms with Crippen LogP contribution in [-0.2, 0) is 20.9 Å². The van der Waals surface area contributed by atoms with Crippen molar-refractivity contribution in [2.24, 2.45) is 11.3 Å². The first-order chi connectivity index (χ1) is 12.5. The monoisotopic (exact) mass is 360 g/mol. The largest absolute Gasteiger partial charge is 0.480 e. The Kier molecular flexibility index (Phi) is 5.94. The molecule has 1 aliphatic heterocycles. The minimum Gasteiger partial charge on any atom is -0.480 e. The maximum Gasteiger partial charge on any atom is 0.327 e. The number of likely N-dealkylation sites (N-methyl/N-ethyl adjacent to an activating group) is 1. The molecule has 3 rings (SSSR count). The first kappa shape index (κ1) is 18.9. The highest BCUT2D eigenvalue weighted by atomic mass is 16.5. The first-order valence-corrected chi connectivity index (χ1v) is 9.33. The standard InChI is InChI=1S/C20H28N2O4/c1-22(13-15-5-3-2-4-6-15)14-17(19(24)25)21-18(23)16-7-8-20(16)9-11-26-12-10-20/h2-6,16-17H,7-14H2,1H3,(H,21,23)(H,24,25). The third kappa shape index (κ3) is 4.24. The van der Waals surface area contributed by atoms with Crippen LogP contribution in [0.4, 0.5) is 0 Å². The molecule has 1 heterocycles. The van der Waals surface area contributed by atoms with Gasteiger partial charge in [-0.1, -0.05) is 30.3 Å². The van der Waals surface area contributed by atoms with Gasteiger partial charge in [0.1, 0.15) is 6.04 Å². The summed E-state index contributed by atoms with van der Waals surface area (Å²) < 4.78 is 5.42. The van der Waals surface area contributed by atoms with Crippen molar-refractivity contribution in [3.8, 4) is 0 Å². The molecule has 1 amide bonds. The average Bonchev–Trinajstić information content (AvgIpc) is 2.61. The predicted octanol–water partition coefficient (Wildman–Crippen LogP) is 1.89. The van der Waals surface area contributed by atoms with Crippen LogP contribution in [0.3, 0.4) is 0 Å². The molecule has 1 saturated carbocycles. The lowest BCUT2D eigenvalue weighted by molar-refractivity contribution is -0.150. The van der Waals surface area contributed by atoms with Crippen LogP contribution in [0.5, 0.6) is 0 Å². The van der Waals surface area contributed by atoms with E-state index >= 15 is 0 Å². The lowest BCUT2D eigenvalue weighted by Gasteiger charge is -2.51. The lowest BCUT2D eigenvalue weighted by Crippen LogP contribution is -2.56. The number of carboxylic acids is 1. The number of aliphatic carboxylic acids is 1. The zero-order valence-corrected chi connectivity index (χ0v) is 15.3. The van der Waals surface area contributed by atoms with E-state index in [0.29, 0.717) is 19.8 Å². The Morgan fingerprint density at radius 3 is 2.54 bits per heavy atom. The average molecular weight is 360 g/mol. The van der Waals surface area contributed by atoms with Crippen LogP contribution in [0.2, 0.25) is 0 Å². The minimum atomic E-state index is -0.987. The quantitative estimate of drug-likeness (QED) is 0.776. The van der Waals surface area contributed by atoms with Gasteiger partial charge in [-0.05, 0) is 43.7 Å². The van der Waals surface area contributed by atoms with Crippen LogP contribution >= 0.6 is 0 Å². The summed E-state index contributed by atoms with van der Waals surface area (Å²) in [5.41, 5.74) is 1.15. The van der Waals surface area contributed by atoms with Crippen molar-refractivity contribution in [1.82, 2.24) is 10.2 Å². The smallest absolute Gasteiger partial charge is 0.327 e. The van der Waals surface area contributed by atoms with Gasteiger partial charge in [0.05, 0.1) is 0 Å². The summed E-state index contributed by atoms with van der Waals surface area (Å²) in [6, 6.07) is 9.00. The number of hydrogen-bond acceptors (Lipinski definition) is 4. The van der Waals surface area contributed by atoms with Crippen molar-refractivity contribution in [2.45, 2.75) is 38.3 Å². The van der Waals surface area contributed by atoms with E-state index in [2.05, 4.69) is 5.32 Å². The Morgan fingerprint density at radius 1 is 1.27 bits per heavy atom. The number of hydrogen-bond donors (Lipinski definition) is 2. The molecule has 26 heavy (non-hydrogen) atoms. The molecule has 2 unspecified atom stereocenters. The number of carbonyl (C=O) groups excluding carboxylic acids is 1. The molecule has 0 bridgehead atoms. The van der Waals surface area contributed by atoms with E-state index in [1.54, 1.807) is 0 Å². The van der Waals surface area contributed by atoms with Crippen molar-refractivity contribution in [1.29, 1.82) is 0 Å². The summed E-state index contributed by atoms with van der Waals surface area (Å²) in [4.78, 5) is 26.3. The zero-order valence-electron chi connectivity index (χ0n) is 15.3. The number of nitrogens with one attached hydrogen (secondary N) is 1. The van der Waals surface area contributed by atoms with E-state index in [0.717, 1.165) is 31.2 Å². The van der Waals surface area contributed by atoms with E-state index in [1.165, 1.54) is 0 Å². The number of benzene rings is 1. The highest BCUT2D eigenvalue weighted by Crippen LogP contribution is 2.53. The summed E-state index contributed by atoms with van der Waals surface area (Å²) in [6.07, 6.45) is 3.69. The summed E-state index contributed by atoms with van der Waals surface area (Å²) >= 11 is 0. The number of carboxylic acid groups (broad SMARTS) is 1. The third-order valence-electron chi connectivity index (χ3n) is 5.88. The number of carbonyl (C=O) groups is 2. The van der Waals surface area contributed by atoms with Gasteiger partial charge < -0.3 is 15.2 Å². The predicted molar refractivity (Wildman–Crippen MR) is 97.6 cm³/mol. The Hall–Kier alpha value is -1.92. The fourth-order valence-corrected chi connectivity index (χ4v) is 4.21. The van der Waals surface area contributed by atoms with Crippen LogP contribution in [0, 0.1) is 11.3 Å². The number of nitrogens with zero attached hydrogens (tertiary/aromatic N) is 1. The van der Waals surface area contributed by atoms with E-state index in [-0.39, 0.29) is 23.8 Å². The molecule has 6 nitrogen and oxygen atoms in total. The zero-order chi connectivity index (χ0) is 18.6. The molecule has 142 valence electrons. The van der Waals surface area contributed by atoms with Gasteiger partial charge in [-0.3, -0.25) is 9.69 Å². The van der Waals surface area contributed by atoms with Crippen LogP contribution in [0.15, 0.2) is 30.3 Å². The number of ether oxygens (including phenoxy) is 1. The van der Waals surface area contributed by atoms with Gasteiger partial charge in [-0.15, -0.1) is 0 Å².